The van der Waals surface area contributed by atoms with Gasteiger partial charge in [0, 0.05) is 17.8 Å². The number of hydrogen-bond donors (Lipinski definition) is 1. The molecule has 0 fully saturated rings. The number of nitrogens with zero attached hydrogens (tertiary/aromatic N) is 1. The number of rotatable bonds is 6. The summed E-state index contributed by atoms with van der Waals surface area (Å²) in [6, 6.07) is 18.4. The third-order valence-corrected chi connectivity index (χ3v) is 6.74. The molecule has 0 saturated heterocycles. The van der Waals surface area contributed by atoms with Gasteiger partial charge in [0.1, 0.15) is 5.75 Å². The smallest absolute Gasteiger partial charge is 0.254 e. The zero-order valence-electron chi connectivity index (χ0n) is 20.0. The summed E-state index contributed by atoms with van der Waals surface area (Å²) in [5.74, 6) is 0.753. The molecule has 7 nitrogen and oxygen atoms in total. The van der Waals surface area contributed by atoms with Crippen LogP contribution in [0.3, 0.4) is 0 Å². The summed E-state index contributed by atoms with van der Waals surface area (Å²) in [7, 11) is 3.08. The van der Waals surface area contributed by atoms with E-state index < -0.39 is 12.0 Å². The van der Waals surface area contributed by atoms with E-state index in [0.29, 0.717) is 41.5 Å². The normalized spacial score (nSPS) is 18.1. The first-order valence-corrected chi connectivity index (χ1v) is 11.7. The van der Waals surface area contributed by atoms with Gasteiger partial charge in [0.15, 0.2) is 11.5 Å². The predicted octanol–water partition coefficient (Wildman–Crippen LogP) is 4.58. The Labute approximate surface area is 204 Å². The number of fused-ring (bicyclic) bond motifs is 4. The van der Waals surface area contributed by atoms with E-state index in [1.54, 1.807) is 19.2 Å². The largest absolute Gasteiger partial charge is 0.494 e. The van der Waals surface area contributed by atoms with Gasteiger partial charge in [-0.15, -0.1) is 0 Å². The Morgan fingerprint density at radius 1 is 1.00 bits per heavy atom. The number of hydrogen-bond acceptors (Lipinski definition) is 5. The fourth-order valence-corrected chi connectivity index (χ4v) is 5.15. The number of benzene rings is 3. The monoisotopic (exact) mass is 472 g/mol. The van der Waals surface area contributed by atoms with E-state index in [2.05, 4.69) is 11.4 Å². The van der Waals surface area contributed by atoms with E-state index in [0.717, 1.165) is 23.3 Å². The maximum Gasteiger partial charge on any atom is 0.254 e. The van der Waals surface area contributed by atoms with Crippen molar-refractivity contribution >= 4 is 17.5 Å². The van der Waals surface area contributed by atoms with Gasteiger partial charge in [-0.1, -0.05) is 24.3 Å². The van der Waals surface area contributed by atoms with Gasteiger partial charge in [-0.2, -0.15) is 0 Å². The summed E-state index contributed by atoms with van der Waals surface area (Å²) < 4.78 is 16.5. The molecule has 0 aliphatic carbocycles. The number of ether oxygens (including phenoxy) is 3. The number of carbonyl (C=O) groups is 2. The lowest BCUT2D eigenvalue weighted by Gasteiger charge is -2.45. The fourth-order valence-electron chi connectivity index (χ4n) is 5.15. The maximum absolute atomic E-state index is 13.9. The molecule has 3 aromatic rings. The third-order valence-electron chi connectivity index (χ3n) is 6.74. The average molecular weight is 473 g/mol. The molecule has 0 aromatic heterocycles. The van der Waals surface area contributed by atoms with Crippen LogP contribution in [0.25, 0.3) is 0 Å². The molecule has 5 rings (SSSR count). The molecule has 2 aliphatic heterocycles. The summed E-state index contributed by atoms with van der Waals surface area (Å²) >= 11 is 0. The summed E-state index contributed by atoms with van der Waals surface area (Å²) in [6.45, 7) is 3.04. The van der Waals surface area contributed by atoms with E-state index in [1.165, 1.54) is 7.11 Å². The second-order valence-corrected chi connectivity index (χ2v) is 8.61. The predicted molar refractivity (Wildman–Crippen MR) is 132 cm³/mol. The zero-order chi connectivity index (χ0) is 24.5. The van der Waals surface area contributed by atoms with E-state index >= 15 is 0 Å². The Balaban J connectivity index is 1.61. The van der Waals surface area contributed by atoms with Crippen molar-refractivity contribution in [1.82, 2.24) is 4.90 Å². The number of methoxy groups -OCH3 is 2. The minimum atomic E-state index is -0.629. The molecule has 2 atom stereocenters. The Kier molecular flexibility index (Phi) is 6.07. The number of carbonyl (C=O) groups excluding carboxylic acids is 2. The second kappa shape index (κ2) is 9.33. The van der Waals surface area contributed by atoms with E-state index in [4.69, 9.17) is 14.2 Å². The molecule has 2 heterocycles. The first-order valence-electron chi connectivity index (χ1n) is 11.7. The van der Waals surface area contributed by atoms with Crippen molar-refractivity contribution in [1.29, 1.82) is 0 Å². The zero-order valence-corrected chi connectivity index (χ0v) is 20.0. The van der Waals surface area contributed by atoms with Crippen LogP contribution in [0.1, 0.15) is 45.9 Å². The lowest BCUT2D eigenvalue weighted by Crippen LogP contribution is -2.49. The molecular formula is C28H28N2O5. The van der Waals surface area contributed by atoms with Crippen LogP contribution in [0.15, 0.2) is 60.7 Å². The second-order valence-electron chi connectivity index (χ2n) is 8.61. The molecule has 35 heavy (non-hydrogen) atoms. The van der Waals surface area contributed by atoms with E-state index in [1.807, 2.05) is 54.3 Å². The van der Waals surface area contributed by atoms with Gasteiger partial charge in [0.2, 0.25) is 5.91 Å². The molecule has 0 bridgehead atoms. The van der Waals surface area contributed by atoms with Gasteiger partial charge < -0.3 is 24.4 Å². The minimum absolute atomic E-state index is 0.106. The van der Waals surface area contributed by atoms with Gasteiger partial charge in [-0.05, 0) is 66.4 Å². The summed E-state index contributed by atoms with van der Waals surface area (Å²) in [4.78, 5) is 29.4. The van der Waals surface area contributed by atoms with Crippen molar-refractivity contribution in [3.63, 3.8) is 0 Å². The highest BCUT2D eigenvalue weighted by Gasteiger charge is 2.47. The van der Waals surface area contributed by atoms with Gasteiger partial charge in [0.05, 0.1) is 32.8 Å². The van der Waals surface area contributed by atoms with Crippen LogP contribution < -0.4 is 19.5 Å². The van der Waals surface area contributed by atoms with Crippen LogP contribution >= 0.6 is 0 Å². The topological polar surface area (TPSA) is 77.1 Å². The molecule has 180 valence electrons. The SMILES string of the molecule is CCOc1ccc(NC(=O)[C@H]2c3cc(OC)c(OC)cc3C(=O)N3CCc4ccccc4[C@H]23)cc1. The van der Waals surface area contributed by atoms with Crippen LogP contribution in [-0.4, -0.2) is 44.1 Å². The van der Waals surface area contributed by atoms with Gasteiger partial charge in [-0.25, -0.2) is 0 Å². The lowest BCUT2D eigenvalue weighted by atomic mass is 9.75. The van der Waals surface area contributed by atoms with E-state index in [-0.39, 0.29) is 11.8 Å². The number of nitrogens with one attached hydrogen (secondary N) is 1. The van der Waals surface area contributed by atoms with Crippen molar-refractivity contribution in [2.24, 2.45) is 0 Å². The van der Waals surface area contributed by atoms with Crippen molar-refractivity contribution in [2.75, 3.05) is 32.7 Å². The van der Waals surface area contributed by atoms with Crippen molar-refractivity contribution in [3.05, 3.63) is 82.9 Å². The molecule has 3 aromatic carbocycles. The molecule has 2 amide bonds. The number of anilines is 1. The molecule has 0 spiro atoms. The Morgan fingerprint density at radius 3 is 2.43 bits per heavy atom. The molecule has 0 unspecified atom stereocenters. The van der Waals surface area contributed by atoms with Gasteiger partial charge in [0.25, 0.3) is 5.91 Å². The standard InChI is InChI=1S/C28H28N2O5/c1-4-35-19-11-9-18(10-12-19)29-27(31)25-21-15-23(33-2)24(34-3)16-22(21)28(32)30-14-13-17-7-5-6-8-20(17)26(25)30/h5-12,15-16,25-26H,4,13-14H2,1-3H3,(H,29,31)/t25-,26+/m0/s1. The highest BCUT2D eigenvalue weighted by Crippen LogP contribution is 2.48. The fraction of sp³-hybridized carbons (Fsp3) is 0.286. The van der Waals surface area contributed by atoms with Gasteiger partial charge in [-0.3, -0.25) is 9.59 Å². The third kappa shape index (κ3) is 3.97. The minimum Gasteiger partial charge on any atom is -0.494 e. The summed E-state index contributed by atoms with van der Waals surface area (Å²) in [5.41, 5.74) is 3.91. The van der Waals surface area contributed by atoms with Crippen LogP contribution in [0, 0.1) is 0 Å². The quantitative estimate of drug-likeness (QED) is 0.568. The van der Waals surface area contributed by atoms with Crippen LogP contribution in [-0.2, 0) is 11.2 Å². The van der Waals surface area contributed by atoms with Crippen molar-refractivity contribution in [2.45, 2.75) is 25.3 Å². The number of amides is 2. The highest BCUT2D eigenvalue weighted by atomic mass is 16.5. The Hall–Kier alpha value is -4.00. The van der Waals surface area contributed by atoms with Crippen LogP contribution in [0.2, 0.25) is 0 Å². The lowest BCUT2D eigenvalue weighted by molar-refractivity contribution is -0.119. The first kappa shape index (κ1) is 22.8. The van der Waals surface area contributed by atoms with Crippen LogP contribution in [0.4, 0.5) is 5.69 Å². The molecule has 7 heteroatoms. The molecule has 0 radical (unpaired) electrons. The summed E-state index contributed by atoms with van der Waals surface area (Å²) in [6.07, 6.45) is 0.744. The molecular weight excluding hydrogens is 444 g/mol. The van der Waals surface area contributed by atoms with Crippen LogP contribution in [0.5, 0.6) is 17.2 Å². The maximum atomic E-state index is 13.9. The Bertz CT molecular complexity index is 1270. The summed E-state index contributed by atoms with van der Waals surface area (Å²) in [5, 5.41) is 3.06. The highest BCUT2D eigenvalue weighted by molar-refractivity contribution is 6.05. The van der Waals surface area contributed by atoms with Crippen molar-refractivity contribution in [3.8, 4) is 17.2 Å². The molecule has 0 saturated carbocycles. The average Bonchev–Trinajstić information content (AvgIpc) is 2.89. The first-order chi connectivity index (χ1) is 17.0. The molecule has 1 N–H and O–H groups in total. The van der Waals surface area contributed by atoms with Gasteiger partial charge >= 0.3 is 0 Å². The molecule has 2 aliphatic rings. The Morgan fingerprint density at radius 2 is 1.71 bits per heavy atom. The van der Waals surface area contributed by atoms with Crippen molar-refractivity contribution < 1.29 is 23.8 Å². The van der Waals surface area contributed by atoms with E-state index in [9.17, 15) is 9.59 Å².